The van der Waals surface area contributed by atoms with Crippen molar-refractivity contribution < 1.29 is 0 Å². The van der Waals surface area contributed by atoms with Gasteiger partial charge in [0.2, 0.25) is 0 Å². The van der Waals surface area contributed by atoms with E-state index in [0.29, 0.717) is 0 Å². The van der Waals surface area contributed by atoms with Crippen LogP contribution < -0.4 is 0 Å². The monoisotopic (exact) mass is 216 g/mol. The number of hydrogen-bond acceptors (Lipinski definition) is 0. The minimum atomic E-state index is 0.829. The maximum atomic E-state index is 2.36. The van der Waals surface area contributed by atoms with Gasteiger partial charge in [-0.15, -0.1) is 0 Å². The van der Waals surface area contributed by atoms with Crippen molar-refractivity contribution in [2.45, 2.75) is 46.5 Å². The molecule has 1 aromatic rings. The molecule has 0 saturated carbocycles. The topological polar surface area (TPSA) is 0 Å². The Kier molecular flexibility index (Phi) is 5.92. The Labute approximate surface area is 100 Å². The number of aryl methyl sites for hydroxylation is 1. The molecule has 88 valence electrons. The van der Waals surface area contributed by atoms with Crippen LogP contribution in [0.15, 0.2) is 42.0 Å². The Morgan fingerprint density at radius 1 is 1.12 bits per heavy atom. The van der Waals surface area contributed by atoms with Gasteiger partial charge in [0, 0.05) is 0 Å². The van der Waals surface area contributed by atoms with Crippen molar-refractivity contribution in [3.63, 3.8) is 0 Å². The Hall–Kier alpha value is -1.04. The third kappa shape index (κ3) is 5.75. The summed E-state index contributed by atoms with van der Waals surface area (Å²) in [6.45, 7) is 6.71. The van der Waals surface area contributed by atoms with Gasteiger partial charge in [-0.3, -0.25) is 0 Å². The highest BCUT2D eigenvalue weighted by Crippen LogP contribution is 2.15. The quantitative estimate of drug-likeness (QED) is 0.587. The third-order valence-electron chi connectivity index (χ3n) is 2.98. The molecule has 0 heteroatoms. The van der Waals surface area contributed by atoms with Crippen molar-refractivity contribution in [1.29, 1.82) is 0 Å². The molecule has 0 aliphatic carbocycles. The van der Waals surface area contributed by atoms with Crippen molar-refractivity contribution in [3.8, 4) is 0 Å². The van der Waals surface area contributed by atoms with Gasteiger partial charge in [0.05, 0.1) is 0 Å². The summed E-state index contributed by atoms with van der Waals surface area (Å²) in [6.07, 6.45) is 7.42. The van der Waals surface area contributed by atoms with Gasteiger partial charge in [-0.2, -0.15) is 0 Å². The Bertz CT molecular complexity index is 304. The molecule has 0 saturated heterocycles. The fourth-order valence-corrected chi connectivity index (χ4v) is 1.86. The number of rotatable bonds is 6. The highest BCUT2D eigenvalue weighted by molar-refractivity contribution is 5.14. The minimum absolute atomic E-state index is 0.829. The average molecular weight is 216 g/mol. The van der Waals surface area contributed by atoms with E-state index < -0.39 is 0 Å². The molecule has 16 heavy (non-hydrogen) atoms. The van der Waals surface area contributed by atoms with Gasteiger partial charge in [-0.1, -0.05) is 48.9 Å². The second-order valence-corrected chi connectivity index (χ2v) is 4.99. The van der Waals surface area contributed by atoms with Gasteiger partial charge in [0.1, 0.15) is 0 Å². The van der Waals surface area contributed by atoms with E-state index in [4.69, 9.17) is 0 Å². The summed E-state index contributed by atoms with van der Waals surface area (Å²) in [4.78, 5) is 0. The van der Waals surface area contributed by atoms with Crippen LogP contribution in [-0.4, -0.2) is 0 Å². The van der Waals surface area contributed by atoms with Crippen molar-refractivity contribution in [2.75, 3.05) is 0 Å². The van der Waals surface area contributed by atoms with E-state index in [0.717, 1.165) is 5.92 Å². The zero-order chi connectivity index (χ0) is 11.8. The molecule has 0 fully saturated rings. The molecule has 0 amide bonds. The summed E-state index contributed by atoms with van der Waals surface area (Å²) in [6, 6.07) is 10.8. The maximum absolute atomic E-state index is 2.36. The molecule has 0 bridgehead atoms. The summed E-state index contributed by atoms with van der Waals surface area (Å²) < 4.78 is 0. The van der Waals surface area contributed by atoms with Crippen LogP contribution in [0.3, 0.4) is 0 Å². The largest absolute Gasteiger partial charge is 0.0859 e. The van der Waals surface area contributed by atoms with Crippen LogP contribution in [0, 0.1) is 5.92 Å². The van der Waals surface area contributed by atoms with Crippen LogP contribution in [0.4, 0.5) is 0 Å². The Morgan fingerprint density at radius 3 is 2.44 bits per heavy atom. The maximum Gasteiger partial charge on any atom is -0.0276 e. The molecule has 0 radical (unpaired) electrons. The Balaban J connectivity index is 2.20. The first-order chi connectivity index (χ1) is 7.68. The molecule has 0 aliphatic heterocycles. The SMILES string of the molecule is CC(C)=CCCC(C)CCc1ccccc1. The summed E-state index contributed by atoms with van der Waals surface area (Å²) in [7, 11) is 0. The lowest BCUT2D eigenvalue weighted by Gasteiger charge is -2.09. The van der Waals surface area contributed by atoms with Crippen LogP contribution in [0.1, 0.15) is 45.6 Å². The fourth-order valence-electron chi connectivity index (χ4n) is 1.86. The van der Waals surface area contributed by atoms with Gasteiger partial charge >= 0.3 is 0 Å². The first-order valence-corrected chi connectivity index (χ1v) is 6.36. The highest BCUT2D eigenvalue weighted by Gasteiger charge is 2.01. The van der Waals surface area contributed by atoms with Crippen LogP contribution in [0.2, 0.25) is 0 Å². The first kappa shape index (κ1) is 13.0. The van der Waals surface area contributed by atoms with Crippen LogP contribution in [0.25, 0.3) is 0 Å². The van der Waals surface area contributed by atoms with Gasteiger partial charge in [-0.25, -0.2) is 0 Å². The van der Waals surface area contributed by atoms with Gasteiger partial charge < -0.3 is 0 Å². The van der Waals surface area contributed by atoms with Crippen molar-refractivity contribution in [2.24, 2.45) is 5.92 Å². The van der Waals surface area contributed by atoms with E-state index >= 15 is 0 Å². The molecule has 0 spiro atoms. The van der Waals surface area contributed by atoms with Gasteiger partial charge in [0.25, 0.3) is 0 Å². The molecule has 0 N–H and O–H groups in total. The molecule has 0 aromatic heterocycles. The van der Waals surface area contributed by atoms with Crippen LogP contribution in [-0.2, 0) is 6.42 Å². The fraction of sp³-hybridized carbons (Fsp3) is 0.500. The van der Waals surface area contributed by atoms with Crippen molar-refractivity contribution >= 4 is 0 Å². The van der Waals surface area contributed by atoms with Crippen LogP contribution in [0.5, 0.6) is 0 Å². The Morgan fingerprint density at radius 2 is 1.81 bits per heavy atom. The van der Waals surface area contributed by atoms with Crippen LogP contribution >= 0.6 is 0 Å². The lowest BCUT2D eigenvalue weighted by atomic mass is 9.96. The smallest absolute Gasteiger partial charge is 0.0276 e. The predicted molar refractivity (Wildman–Crippen MR) is 72.6 cm³/mol. The summed E-state index contributed by atoms with van der Waals surface area (Å²) in [5.74, 6) is 0.829. The summed E-state index contributed by atoms with van der Waals surface area (Å²) in [5.41, 5.74) is 2.91. The van der Waals surface area contributed by atoms with E-state index in [1.807, 2.05) is 0 Å². The van der Waals surface area contributed by atoms with E-state index in [1.165, 1.54) is 36.8 Å². The molecular formula is C16H24. The molecule has 1 unspecified atom stereocenters. The highest BCUT2D eigenvalue weighted by atomic mass is 14.1. The number of allylic oxidation sites excluding steroid dienone is 2. The molecule has 0 heterocycles. The lowest BCUT2D eigenvalue weighted by molar-refractivity contribution is 0.497. The molecule has 0 aliphatic rings. The zero-order valence-corrected chi connectivity index (χ0v) is 10.9. The average Bonchev–Trinajstić information content (AvgIpc) is 2.27. The van der Waals surface area contributed by atoms with E-state index in [-0.39, 0.29) is 0 Å². The lowest BCUT2D eigenvalue weighted by Crippen LogP contribution is -1.97. The second kappa shape index (κ2) is 7.27. The zero-order valence-electron chi connectivity index (χ0n) is 10.9. The molecule has 1 rings (SSSR count). The van der Waals surface area contributed by atoms with E-state index in [9.17, 15) is 0 Å². The van der Waals surface area contributed by atoms with Gasteiger partial charge in [0.15, 0.2) is 0 Å². The normalized spacial score (nSPS) is 12.2. The standard InChI is InChI=1S/C16H24/c1-14(2)8-7-9-15(3)12-13-16-10-5-4-6-11-16/h4-6,8,10-11,15H,7,9,12-13H2,1-3H3. The van der Waals surface area contributed by atoms with E-state index in [1.54, 1.807) is 0 Å². The predicted octanol–water partition coefficient (Wildman–Crippen LogP) is 5.00. The minimum Gasteiger partial charge on any atom is -0.0859 e. The van der Waals surface area contributed by atoms with Crippen molar-refractivity contribution in [1.82, 2.24) is 0 Å². The molecule has 0 nitrogen and oxygen atoms in total. The third-order valence-corrected chi connectivity index (χ3v) is 2.98. The second-order valence-electron chi connectivity index (χ2n) is 4.99. The number of benzene rings is 1. The van der Waals surface area contributed by atoms with Crippen molar-refractivity contribution in [3.05, 3.63) is 47.5 Å². The summed E-state index contributed by atoms with van der Waals surface area (Å²) in [5, 5.41) is 0. The summed E-state index contributed by atoms with van der Waals surface area (Å²) >= 11 is 0. The van der Waals surface area contributed by atoms with E-state index in [2.05, 4.69) is 57.2 Å². The molecular weight excluding hydrogens is 192 g/mol. The number of hydrogen-bond donors (Lipinski definition) is 0. The molecule has 1 atom stereocenters. The molecule has 1 aromatic carbocycles. The van der Waals surface area contributed by atoms with Gasteiger partial charge in [-0.05, 0) is 51.0 Å². The first-order valence-electron chi connectivity index (χ1n) is 6.36.